The van der Waals surface area contributed by atoms with Gasteiger partial charge in [-0.05, 0) is 81.1 Å². The summed E-state index contributed by atoms with van der Waals surface area (Å²) >= 11 is 5.01. The highest BCUT2D eigenvalue weighted by Gasteiger charge is 2.35. The van der Waals surface area contributed by atoms with Gasteiger partial charge in [0.1, 0.15) is 12.6 Å². The second-order valence-corrected chi connectivity index (χ2v) is 14.1. The molecule has 4 aromatic carbocycles. The zero-order valence-electron chi connectivity index (χ0n) is 26.0. The Morgan fingerprint density at radius 3 is 2.56 bits per heavy atom. The smallest absolute Gasteiger partial charge is 0.338 e. The highest BCUT2D eigenvalue weighted by atomic mass is 127. The van der Waals surface area contributed by atoms with Crippen molar-refractivity contribution in [1.82, 2.24) is 4.57 Å². The number of fused-ring (bicyclic) bond motifs is 2. The summed E-state index contributed by atoms with van der Waals surface area (Å²) in [6.07, 6.45) is 1.84. The van der Waals surface area contributed by atoms with Crippen molar-refractivity contribution < 1.29 is 19.0 Å². The monoisotopic (exact) mass is 784 g/mol. The summed E-state index contributed by atoms with van der Waals surface area (Å²) in [4.78, 5) is 34.1. The predicted molar refractivity (Wildman–Crippen MR) is 199 cm³/mol. The largest absolute Gasteiger partial charge is 0.493 e. The summed E-state index contributed by atoms with van der Waals surface area (Å²) in [5.41, 5.74) is 3.24. The van der Waals surface area contributed by atoms with Crippen LogP contribution in [0, 0.1) is 3.57 Å². The lowest BCUT2D eigenvalue weighted by atomic mass is 9.97. The van der Waals surface area contributed by atoms with E-state index in [1.54, 1.807) is 18.6 Å². The molecule has 0 amide bonds. The molecule has 1 atom stereocenters. The Morgan fingerprint density at radius 1 is 1.00 bits per heavy atom. The van der Waals surface area contributed by atoms with Crippen molar-refractivity contribution in [3.8, 4) is 11.5 Å². The van der Waals surface area contributed by atoms with E-state index in [0.29, 0.717) is 38.7 Å². The van der Waals surface area contributed by atoms with Crippen molar-refractivity contribution in [3.63, 3.8) is 0 Å². The standard InChI is InChI=1S/C38H29IN2O5S2/c1-3-45-37(43)32-33(25-12-5-4-6-13-25)40-38-41(34(32)30-17-10-18-47-30)36(42)31(48-38)21-23-19-28(39)35(29(20-23)44-2)46-22-26-15-9-14-24-11-7-8-16-27(24)26/h4-21,34H,3,22H2,1-2H3/b31-21-/t34-/m1/s1. The van der Waals surface area contributed by atoms with Crippen LogP contribution in [0.1, 0.15) is 34.5 Å². The number of aromatic nitrogens is 1. The number of rotatable bonds is 9. The molecule has 0 bridgehead atoms. The van der Waals surface area contributed by atoms with Gasteiger partial charge >= 0.3 is 5.97 Å². The fraction of sp³-hybridized carbons (Fsp3) is 0.132. The van der Waals surface area contributed by atoms with Crippen LogP contribution in [-0.4, -0.2) is 24.3 Å². The van der Waals surface area contributed by atoms with Gasteiger partial charge in [0.25, 0.3) is 5.56 Å². The Morgan fingerprint density at radius 2 is 1.79 bits per heavy atom. The highest BCUT2D eigenvalue weighted by molar-refractivity contribution is 14.1. The molecule has 0 unspecified atom stereocenters. The molecule has 0 fully saturated rings. The van der Waals surface area contributed by atoms with Crippen LogP contribution < -0.4 is 24.4 Å². The van der Waals surface area contributed by atoms with Gasteiger partial charge in [-0.1, -0.05) is 90.2 Å². The first-order valence-corrected chi connectivity index (χ1v) is 18.0. The first kappa shape index (κ1) is 32.0. The fourth-order valence-electron chi connectivity index (χ4n) is 5.84. The molecule has 240 valence electrons. The Balaban J connectivity index is 1.31. The van der Waals surface area contributed by atoms with Crippen LogP contribution in [-0.2, 0) is 16.1 Å². The maximum Gasteiger partial charge on any atom is 0.338 e. The van der Waals surface area contributed by atoms with Crippen LogP contribution in [0.25, 0.3) is 22.5 Å². The van der Waals surface area contributed by atoms with E-state index >= 15 is 0 Å². The summed E-state index contributed by atoms with van der Waals surface area (Å²) in [6, 6.07) is 31.0. The average molecular weight is 785 g/mol. The zero-order chi connectivity index (χ0) is 33.2. The normalized spacial score (nSPS) is 14.5. The zero-order valence-corrected chi connectivity index (χ0v) is 29.8. The molecule has 0 radical (unpaired) electrons. The first-order chi connectivity index (χ1) is 23.5. The SMILES string of the molecule is CCOC(=O)C1=C(c2ccccc2)N=c2s/c(=C\c3cc(I)c(OCc4cccc5ccccc45)c(OC)c3)c(=O)n2[C@@H]1c1cccs1. The predicted octanol–water partition coefficient (Wildman–Crippen LogP) is 7.34. The molecule has 0 saturated heterocycles. The van der Waals surface area contributed by atoms with Crippen LogP contribution in [0.15, 0.2) is 118 Å². The number of methoxy groups -OCH3 is 1. The number of esters is 1. The van der Waals surface area contributed by atoms with Crippen LogP contribution in [0.3, 0.4) is 0 Å². The lowest BCUT2D eigenvalue weighted by Crippen LogP contribution is -2.39. The van der Waals surface area contributed by atoms with Crippen molar-refractivity contribution in [1.29, 1.82) is 0 Å². The molecule has 6 aromatic rings. The lowest BCUT2D eigenvalue weighted by molar-refractivity contribution is -0.138. The number of benzene rings is 4. The lowest BCUT2D eigenvalue weighted by Gasteiger charge is -2.24. The summed E-state index contributed by atoms with van der Waals surface area (Å²) in [7, 11) is 1.61. The molecule has 3 heterocycles. The Kier molecular flexibility index (Phi) is 9.29. The first-order valence-electron chi connectivity index (χ1n) is 15.3. The van der Waals surface area contributed by atoms with Crippen molar-refractivity contribution in [2.45, 2.75) is 19.6 Å². The van der Waals surface area contributed by atoms with Gasteiger partial charge in [-0.3, -0.25) is 9.36 Å². The maximum atomic E-state index is 14.2. The van der Waals surface area contributed by atoms with Crippen molar-refractivity contribution in [2.75, 3.05) is 13.7 Å². The number of nitrogens with zero attached hydrogens (tertiary/aromatic N) is 2. The van der Waals surface area contributed by atoms with Crippen molar-refractivity contribution in [2.24, 2.45) is 4.99 Å². The molecule has 7 nitrogen and oxygen atoms in total. The second kappa shape index (κ2) is 13.9. The Hall–Kier alpha value is -4.52. The Labute approximate surface area is 298 Å². The number of hydrogen-bond acceptors (Lipinski definition) is 8. The van der Waals surface area contributed by atoms with E-state index in [0.717, 1.165) is 35.9 Å². The van der Waals surface area contributed by atoms with E-state index in [1.165, 1.54) is 22.7 Å². The van der Waals surface area contributed by atoms with E-state index in [-0.39, 0.29) is 12.2 Å². The van der Waals surface area contributed by atoms with Crippen molar-refractivity contribution in [3.05, 3.63) is 153 Å². The minimum absolute atomic E-state index is 0.202. The number of thiazole rings is 1. The number of thiophene rings is 1. The second-order valence-electron chi connectivity index (χ2n) is 10.9. The number of halogens is 1. The third-order valence-electron chi connectivity index (χ3n) is 7.99. The van der Waals surface area contributed by atoms with E-state index in [4.69, 9.17) is 19.2 Å². The topological polar surface area (TPSA) is 79.1 Å². The maximum absolute atomic E-state index is 14.2. The molecule has 1 aliphatic rings. The molecule has 0 saturated carbocycles. The van der Waals surface area contributed by atoms with Gasteiger partial charge in [0, 0.05) is 10.4 Å². The highest BCUT2D eigenvalue weighted by Crippen LogP contribution is 2.38. The quantitative estimate of drug-likeness (QED) is 0.113. The third-order valence-corrected chi connectivity index (χ3v) is 10.7. The average Bonchev–Trinajstić information content (AvgIpc) is 3.75. The number of carbonyl (C=O) groups is 1. The molecule has 0 N–H and O–H groups in total. The van der Waals surface area contributed by atoms with E-state index in [9.17, 15) is 9.59 Å². The summed E-state index contributed by atoms with van der Waals surface area (Å²) < 4.78 is 20.6. The molecule has 0 aliphatic carbocycles. The number of hydrogen-bond donors (Lipinski definition) is 0. The van der Waals surface area contributed by atoms with E-state index in [2.05, 4.69) is 46.9 Å². The molecule has 2 aromatic heterocycles. The van der Waals surface area contributed by atoms with Gasteiger partial charge in [-0.25, -0.2) is 9.79 Å². The van der Waals surface area contributed by atoms with Gasteiger partial charge in [0.15, 0.2) is 16.3 Å². The summed E-state index contributed by atoms with van der Waals surface area (Å²) in [6.45, 7) is 2.35. The van der Waals surface area contributed by atoms with Crippen LogP contribution >= 0.6 is 45.3 Å². The van der Waals surface area contributed by atoms with E-state index < -0.39 is 12.0 Å². The minimum Gasteiger partial charge on any atom is -0.493 e. The summed E-state index contributed by atoms with van der Waals surface area (Å²) in [5.74, 6) is 0.702. The summed E-state index contributed by atoms with van der Waals surface area (Å²) in [5, 5.41) is 4.24. The van der Waals surface area contributed by atoms with Gasteiger partial charge in [0.2, 0.25) is 0 Å². The van der Waals surface area contributed by atoms with Crippen LogP contribution in [0.2, 0.25) is 0 Å². The molecule has 48 heavy (non-hydrogen) atoms. The van der Waals surface area contributed by atoms with Gasteiger partial charge in [-0.15, -0.1) is 11.3 Å². The minimum atomic E-state index is -0.683. The molecular formula is C38H29IN2O5S2. The number of carbonyl (C=O) groups excluding carboxylic acids is 1. The van der Waals surface area contributed by atoms with E-state index in [1.807, 2.05) is 84.3 Å². The molecular weight excluding hydrogens is 755 g/mol. The van der Waals surface area contributed by atoms with Gasteiger partial charge < -0.3 is 14.2 Å². The van der Waals surface area contributed by atoms with Crippen molar-refractivity contribution >= 4 is 73.8 Å². The molecule has 10 heteroatoms. The van der Waals surface area contributed by atoms with Gasteiger partial charge in [0.05, 0.1) is 33.1 Å². The van der Waals surface area contributed by atoms with Crippen LogP contribution in [0.4, 0.5) is 0 Å². The third kappa shape index (κ3) is 6.11. The van der Waals surface area contributed by atoms with Gasteiger partial charge in [-0.2, -0.15) is 0 Å². The Bertz CT molecular complexity index is 2360. The van der Waals surface area contributed by atoms with Crippen LogP contribution in [0.5, 0.6) is 11.5 Å². The molecule has 1 aliphatic heterocycles. The molecule has 7 rings (SSSR count). The fourth-order valence-corrected chi connectivity index (χ4v) is 8.44. The number of ether oxygens (including phenoxy) is 3. The molecule has 0 spiro atoms.